The van der Waals surface area contributed by atoms with Crippen LogP contribution in [0.2, 0.25) is 0 Å². The lowest BCUT2D eigenvalue weighted by atomic mass is 10.2. The molecule has 0 bridgehead atoms. The van der Waals surface area contributed by atoms with E-state index in [1.54, 1.807) is 11.5 Å². The summed E-state index contributed by atoms with van der Waals surface area (Å²) >= 11 is 0.825. The molecule has 0 spiro atoms. The maximum atomic E-state index is 13.2. The zero-order valence-corrected chi connectivity index (χ0v) is 25.1. The summed E-state index contributed by atoms with van der Waals surface area (Å²) in [6.45, 7) is 7.70. The van der Waals surface area contributed by atoms with E-state index in [1.165, 1.54) is 19.2 Å². The third-order valence-corrected chi connectivity index (χ3v) is 10.1. The molecule has 1 aliphatic heterocycles. The molecule has 42 heavy (non-hydrogen) atoms. The summed E-state index contributed by atoms with van der Waals surface area (Å²) in [5.74, 6) is 0.935. The Morgan fingerprint density at radius 3 is 2.48 bits per heavy atom. The van der Waals surface area contributed by atoms with Gasteiger partial charge >= 0.3 is 12.2 Å². The first kappa shape index (κ1) is 30.0. The van der Waals surface area contributed by atoms with Crippen molar-refractivity contribution in [1.82, 2.24) is 34.2 Å². The van der Waals surface area contributed by atoms with Crippen molar-refractivity contribution in [3.63, 3.8) is 0 Å². The molecule has 226 valence electrons. The number of hydrogen-bond donors (Lipinski definition) is 1. The van der Waals surface area contributed by atoms with Gasteiger partial charge in [-0.1, -0.05) is 11.2 Å². The Labute approximate surface area is 245 Å². The molecule has 0 unspecified atom stereocenters. The topological polar surface area (TPSA) is 110 Å². The first-order valence-electron chi connectivity index (χ1n) is 13.2. The highest BCUT2D eigenvalue weighted by atomic mass is 32.2. The molecule has 4 heterocycles. The molecule has 5 rings (SSSR count). The number of nitrogens with one attached hydrogen (secondary N) is 1. The smallest absolute Gasteiger partial charge is 0.424 e. The largest absolute Gasteiger partial charge is 0.433 e. The van der Waals surface area contributed by atoms with Crippen LogP contribution in [0.25, 0.3) is 10.6 Å². The molecule has 1 fully saturated rings. The van der Waals surface area contributed by atoms with Crippen molar-refractivity contribution in [3.05, 3.63) is 54.0 Å². The summed E-state index contributed by atoms with van der Waals surface area (Å²) in [7, 11) is -0.755. The van der Waals surface area contributed by atoms with E-state index in [1.807, 2.05) is 31.2 Å². The van der Waals surface area contributed by atoms with Gasteiger partial charge in [0.05, 0.1) is 10.9 Å². The lowest BCUT2D eigenvalue weighted by Crippen LogP contribution is -2.44. The SMILES string of the molecule is CCn1c(Oc2cccc(N3CCN(C)CC3)c2)nnc1[C@@H](C)NS(=O)(=O)c1ccc(-c2cc(C(F)(F)F)n(C)n2)s1. The van der Waals surface area contributed by atoms with Gasteiger partial charge in [0.1, 0.15) is 21.3 Å². The summed E-state index contributed by atoms with van der Waals surface area (Å²) < 4.78 is 76.9. The lowest BCUT2D eigenvalue weighted by Gasteiger charge is -2.34. The quantitative estimate of drug-likeness (QED) is 0.293. The van der Waals surface area contributed by atoms with Crippen LogP contribution in [0.4, 0.5) is 18.9 Å². The van der Waals surface area contributed by atoms with Gasteiger partial charge in [-0.15, -0.1) is 16.4 Å². The Morgan fingerprint density at radius 2 is 1.81 bits per heavy atom. The average Bonchev–Trinajstić information content (AvgIpc) is 3.67. The molecule has 1 aromatic carbocycles. The molecule has 0 saturated carbocycles. The number of alkyl halides is 3. The Bertz CT molecular complexity index is 1660. The summed E-state index contributed by atoms with van der Waals surface area (Å²) in [6, 6.07) is 10.8. The van der Waals surface area contributed by atoms with Crippen molar-refractivity contribution in [2.24, 2.45) is 7.05 Å². The van der Waals surface area contributed by atoms with Crippen LogP contribution in [-0.2, 0) is 29.8 Å². The number of nitrogens with zero attached hydrogens (tertiary/aromatic N) is 7. The summed E-state index contributed by atoms with van der Waals surface area (Å²) in [4.78, 5) is 4.86. The molecular formula is C26H31F3N8O3S2. The second-order valence-electron chi connectivity index (χ2n) is 9.97. The Hall–Kier alpha value is -3.47. The standard InChI is InChI=1S/C26H31F3N8O3S2/c1-5-37-24(30-31-25(37)40-19-8-6-7-18(15-19)36-13-11-34(3)12-14-36)17(2)33-42(38,39)23-10-9-21(41-23)20-16-22(26(27,28)29)35(4)32-20/h6-10,15-17,33H,5,11-14H2,1-4H3/t17-/m1/s1. The predicted molar refractivity (Wildman–Crippen MR) is 152 cm³/mol. The van der Waals surface area contributed by atoms with E-state index >= 15 is 0 Å². The second kappa shape index (κ2) is 11.7. The number of thiophene rings is 1. The first-order valence-corrected chi connectivity index (χ1v) is 15.5. The number of aromatic nitrogens is 5. The van der Waals surface area contributed by atoms with Crippen LogP contribution in [0.5, 0.6) is 11.8 Å². The monoisotopic (exact) mass is 624 g/mol. The maximum Gasteiger partial charge on any atom is 0.433 e. The number of rotatable bonds is 9. The Kier molecular flexibility index (Phi) is 8.33. The van der Waals surface area contributed by atoms with Gasteiger partial charge < -0.3 is 14.5 Å². The minimum atomic E-state index is -4.58. The zero-order chi connectivity index (χ0) is 30.2. The van der Waals surface area contributed by atoms with Crippen molar-refractivity contribution in [3.8, 4) is 22.3 Å². The zero-order valence-electron chi connectivity index (χ0n) is 23.5. The second-order valence-corrected chi connectivity index (χ2v) is 13.0. The van der Waals surface area contributed by atoms with Gasteiger partial charge in [-0.2, -0.15) is 23.0 Å². The van der Waals surface area contributed by atoms with Crippen LogP contribution in [-0.4, -0.2) is 71.1 Å². The molecule has 0 aliphatic carbocycles. The van der Waals surface area contributed by atoms with Gasteiger partial charge in [-0.3, -0.25) is 9.25 Å². The van der Waals surface area contributed by atoms with E-state index in [2.05, 4.69) is 36.9 Å². The molecule has 0 amide bonds. The van der Waals surface area contributed by atoms with Gasteiger partial charge in [0.25, 0.3) is 10.0 Å². The molecular weight excluding hydrogens is 593 g/mol. The molecule has 1 saturated heterocycles. The van der Waals surface area contributed by atoms with Gasteiger partial charge in [0, 0.05) is 51.5 Å². The van der Waals surface area contributed by atoms with E-state index < -0.39 is 27.9 Å². The van der Waals surface area contributed by atoms with Crippen LogP contribution < -0.4 is 14.4 Å². The minimum Gasteiger partial charge on any atom is -0.424 e. The van der Waals surface area contributed by atoms with E-state index in [0.717, 1.165) is 54.0 Å². The third kappa shape index (κ3) is 6.30. The van der Waals surface area contributed by atoms with Crippen molar-refractivity contribution in [1.29, 1.82) is 0 Å². The fraction of sp³-hybridized carbons (Fsp3) is 0.423. The summed E-state index contributed by atoms with van der Waals surface area (Å²) in [5, 5.41) is 12.3. The van der Waals surface area contributed by atoms with Crippen molar-refractivity contribution >= 4 is 27.0 Å². The van der Waals surface area contributed by atoms with Crippen molar-refractivity contribution in [2.75, 3.05) is 38.1 Å². The number of piperazine rings is 1. The third-order valence-electron chi connectivity index (χ3n) is 6.94. The number of halogens is 3. The number of anilines is 1. The van der Waals surface area contributed by atoms with Crippen LogP contribution in [0, 0.1) is 0 Å². The van der Waals surface area contributed by atoms with Crippen molar-refractivity contribution < 1.29 is 26.3 Å². The Balaban J connectivity index is 1.30. The molecule has 11 nitrogen and oxygen atoms in total. The fourth-order valence-corrected chi connectivity index (χ4v) is 7.19. The number of aryl methyl sites for hydroxylation is 1. The number of sulfonamides is 1. The summed E-state index contributed by atoms with van der Waals surface area (Å²) in [6.07, 6.45) is -4.58. The molecule has 4 aromatic rings. The highest BCUT2D eigenvalue weighted by Crippen LogP contribution is 2.35. The highest BCUT2D eigenvalue weighted by molar-refractivity contribution is 7.91. The van der Waals surface area contributed by atoms with E-state index in [-0.39, 0.29) is 15.9 Å². The van der Waals surface area contributed by atoms with Crippen LogP contribution >= 0.6 is 11.3 Å². The van der Waals surface area contributed by atoms with Gasteiger partial charge in [-0.05, 0) is 51.2 Å². The molecule has 0 radical (unpaired) electrons. The highest BCUT2D eigenvalue weighted by Gasteiger charge is 2.35. The molecule has 1 aliphatic rings. The molecule has 16 heteroatoms. The summed E-state index contributed by atoms with van der Waals surface area (Å²) in [5.41, 5.74) is 0.152. The van der Waals surface area contributed by atoms with Crippen LogP contribution in [0.1, 0.15) is 31.4 Å². The van der Waals surface area contributed by atoms with Gasteiger partial charge in [0.2, 0.25) is 0 Å². The van der Waals surface area contributed by atoms with E-state index in [4.69, 9.17) is 4.74 Å². The number of likely N-dealkylation sites (N-methyl/N-ethyl adjacent to an activating group) is 1. The van der Waals surface area contributed by atoms with E-state index in [0.29, 0.717) is 23.0 Å². The minimum absolute atomic E-state index is 0.0357. The van der Waals surface area contributed by atoms with Gasteiger partial charge in [-0.25, -0.2) is 8.42 Å². The van der Waals surface area contributed by atoms with Crippen LogP contribution in [0.3, 0.4) is 0 Å². The fourth-order valence-electron chi connectivity index (χ4n) is 4.71. The number of benzene rings is 1. The lowest BCUT2D eigenvalue weighted by molar-refractivity contribution is -0.143. The van der Waals surface area contributed by atoms with Gasteiger partial charge in [0.15, 0.2) is 5.82 Å². The number of ether oxygens (including phenoxy) is 1. The molecule has 1 N–H and O–H groups in total. The van der Waals surface area contributed by atoms with Crippen LogP contribution in [0.15, 0.2) is 46.7 Å². The predicted octanol–water partition coefficient (Wildman–Crippen LogP) is 4.36. The molecule has 1 atom stereocenters. The normalized spacial score (nSPS) is 15.7. The number of hydrogen-bond acceptors (Lipinski definition) is 9. The Morgan fingerprint density at radius 1 is 1.07 bits per heavy atom. The van der Waals surface area contributed by atoms with Crippen molar-refractivity contribution in [2.45, 2.75) is 36.8 Å². The molecule has 3 aromatic heterocycles. The average molecular weight is 625 g/mol. The first-order chi connectivity index (χ1) is 19.9. The van der Waals surface area contributed by atoms with E-state index in [9.17, 15) is 21.6 Å². The maximum absolute atomic E-state index is 13.2.